The van der Waals surface area contributed by atoms with Gasteiger partial charge in [0.2, 0.25) is 0 Å². The largest absolute Gasteiger partial charge is 0.385 e. The van der Waals surface area contributed by atoms with Crippen LogP contribution in [0.25, 0.3) is 0 Å². The van der Waals surface area contributed by atoms with Gasteiger partial charge in [-0.15, -0.1) is 0 Å². The molecule has 2 heterocycles. The molecule has 2 N–H and O–H groups in total. The van der Waals surface area contributed by atoms with Gasteiger partial charge in [-0.1, -0.05) is 6.07 Å². The monoisotopic (exact) mass is 286 g/mol. The Bertz CT molecular complexity index is 633. The second-order valence-corrected chi connectivity index (χ2v) is 5.87. The van der Waals surface area contributed by atoms with Crippen LogP contribution in [0.4, 0.5) is 5.69 Å². The van der Waals surface area contributed by atoms with Gasteiger partial charge < -0.3 is 10.6 Å². The van der Waals surface area contributed by atoms with E-state index in [4.69, 9.17) is 0 Å². The van der Waals surface area contributed by atoms with E-state index in [1.165, 1.54) is 11.1 Å². The van der Waals surface area contributed by atoms with Crippen molar-refractivity contribution in [2.24, 2.45) is 0 Å². The number of benzene rings is 1. The maximum absolute atomic E-state index is 12.4. The Morgan fingerprint density at radius 3 is 3.10 bits per heavy atom. The normalized spacial score (nSPS) is 13.4. The first kappa shape index (κ1) is 13.2. The van der Waals surface area contributed by atoms with Gasteiger partial charge in [-0.2, -0.15) is 11.3 Å². The molecule has 4 heteroatoms. The molecule has 0 spiro atoms. The summed E-state index contributed by atoms with van der Waals surface area (Å²) in [6, 6.07) is 5.91. The number of anilines is 1. The average Bonchev–Trinajstić information content (AvgIpc) is 2.89. The van der Waals surface area contributed by atoms with Crippen LogP contribution in [0, 0.1) is 6.92 Å². The van der Waals surface area contributed by atoms with Crippen LogP contribution in [0.3, 0.4) is 0 Å². The van der Waals surface area contributed by atoms with Gasteiger partial charge in [-0.05, 0) is 59.3 Å². The number of hydrogen-bond donors (Lipinski definition) is 2. The second-order valence-electron chi connectivity index (χ2n) is 5.12. The first-order chi connectivity index (χ1) is 9.75. The van der Waals surface area contributed by atoms with Crippen molar-refractivity contribution in [2.75, 3.05) is 11.9 Å². The molecule has 0 fully saturated rings. The highest BCUT2D eigenvalue weighted by molar-refractivity contribution is 7.08. The summed E-state index contributed by atoms with van der Waals surface area (Å²) in [6.07, 6.45) is 2.06. The number of nitrogens with one attached hydrogen (secondary N) is 2. The van der Waals surface area contributed by atoms with Crippen LogP contribution in [-0.2, 0) is 13.0 Å². The van der Waals surface area contributed by atoms with Crippen molar-refractivity contribution in [3.05, 3.63) is 51.2 Å². The molecule has 0 saturated heterocycles. The molecule has 1 amide bonds. The minimum Gasteiger partial charge on any atom is -0.385 e. The summed E-state index contributed by atoms with van der Waals surface area (Å²) in [5.41, 5.74) is 5.51. The van der Waals surface area contributed by atoms with E-state index in [9.17, 15) is 4.79 Å². The number of carbonyl (C=O) groups is 1. The van der Waals surface area contributed by atoms with E-state index in [-0.39, 0.29) is 5.91 Å². The third-order valence-corrected chi connectivity index (χ3v) is 4.65. The van der Waals surface area contributed by atoms with Crippen molar-refractivity contribution in [3.8, 4) is 0 Å². The Kier molecular flexibility index (Phi) is 3.74. The summed E-state index contributed by atoms with van der Waals surface area (Å²) in [7, 11) is 0. The standard InChI is InChI=1S/C16H18N2OS/c1-11-9-20-10-12(11)8-18-16(19)14-4-2-6-15-13(14)5-3-7-17-15/h2,4,6,9-10,17H,3,5,7-8H2,1H3,(H,18,19). The number of hydrogen-bond acceptors (Lipinski definition) is 3. The van der Waals surface area contributed by atoms with Crippen molar-refractivity contribution in [2.45, 2.75) is 26.3 Å². The summed E-state index contributed by atoms with van der Waals surface area (Å²) < 4.78 is 0. The van der Waals surface area contributed by atoms with Gasteiger partial charge in [-0.25, -0.2) is 0 Å². The lowest BCUT2D eigenvalue weighted by atomic mass is 9.97. The van der Waals surface area contributed by atoms with Crippen molar-refractivity contribution >= 4 is 22.9 Å². The zero-order chi connectivity index (χ0) is 13.9. The molecule has 2 aromatic rings. The molecule has 20 heavy (non-hydrogen) atoms. The molecule has 0 aliphatic carbocycles. The minimum atomic E-state index is 0.0242. The number of rotatable bonds is 3. The van der Waals surface area contributed by atoms with E-state index >= 15 is 0 Å². The highest BCUT2D eigenvalue weighted by atomic mass is 32.1. The van der Waals surface area contributed by atoms with Gasteiger partial charge in [0.1, 0.15) is 0 Å². The van der Waals surface area contributed by atoms with Gasteiger partial charge in [0.05, 0.1) is 0 Å². The number of fused-ring (bicyclic) bond motifs is 1. The number of aryl methyl sites for hydroxylation is 1. The first-order valence-electron chi connectivity index (χ1n) is 6.91. The molecule has 0 atom stereocenters. The van der Waals surface area contributed by atoms with Crippen molar-refractivity contribution in [1.29, 1.82) is 0 Å². The van der Waals surface area contributed by atoms with Crippen molar-refractivity contribution in [1.82, 2.24) is 5.32 Å². The highest BCUT2D eigenvalue weighted by Gasteiger charge is 2.17. The lowest BCUT2D eigenvalue weighted by molar-refractivity contribution is 0.0950. The smallest absolute Gasteiger partial charge is 0.251 e. The van der Waals surface area contributed by atoms with E-state index in [0.29, 0.717) is 6.54 Å². The van der Waals surface area contributed by atoms with Crippen LogP contribution in [0.2, 0.25) is 0 Å². The van der Waals surface area contributed by atoms with E-state index < -0.39 is 0 Å². The first-order valence-corrected chi connectivity index (χ1v) is 7.85. The third-order valence-electron chi connectivity index (χ3n) is 3.74. The van der Waals surface area contributed by atoms with Gasteiger partial charge in [0, 0.05) is 24.3 Å². The van der Waals surface area contributed by atoms with Crippen LogP contribution in [0.15, 0.2) is 29.0 Å². The molecule has 0 radical (unpaired) electrons. The van der Waals surface area contributed by atoms with E-state index in [2.05, 4.69) is 28.3 Å². The molecule has 0 unspecified atom stereocenters. The summed E-state index contributed by atoms with van der Waals surface area (Å²) >= 11 is 1.68. The predicted molar refractivity (Wildman–Crippen MR) is 83.5 cm³/mol. The molecule has 104 valence electrons. The average molecular weight is 286 g/mol. The molecule has 0 saturated carbocycles. The topological polar surface area (TPSA) is 41.1 Å². The maximum atomic E-state index is 12.4. The highest BCUT2D eigenvalue weighted by Crippen LogP contribution is 2.25. The Morgan fingerprint density at radius 2 is 2.30 bits per heavy atom. The lowest BCUT2D eigenvalue weighted by Gasteiger charge is -2.20. The Hall–Kier alpha value is -1.81. The Labute approximate surface area is 123 Å². The number of carbonyl (C=O) groups excluding carboxylic acids is 1. The van der Waals surface area contributed by atoms with Gasteiger partial charge in [0.15, 0.2) is 0 Å². The molecule has 3 rings (SSSR count). The van der Waals surface area contributed by atoms with Crippen LogP contribution in [-0.4, -0.2) is 12.5 Å². The number of amides is 1. The molecule has 1 aromatic carbocycles. The fourth-order valence-corrected chi connectivity index (χ4v) is 3.42. The molecule has 3 nitrogen and oxygen atoms in total. The zero-order valence-corrected chi connectivity index (χ0v) is 12.3. The maximum Gasteiger partial charge on any atom is 0.251 e. The number of thiophene rings is 1. The fraction of sp³-hybridized carbons (Fsp3) is 0.312. The van der Waals surface area contributed by atoms with Crippen molar-refractivity contribution < 1.29 is 4.79 Å². The molecular formula is C16H18N2OS. The lowest BCUT2D eigenvalue weighted by Crippen LogP contribution is -2.25. The summed E-state index contributed by atoms with van der Waals surface area (Å²) in [5, 5.41) is 10.6. The third kappa shape index (κ3) is 2.56. The van der Waals surface area contributed by atoms with Crippen LogP contribution in [0.1, 0.15) is 33.5 Å². The minimum absolute atomic E-state index is 0.0242. The van der Waals surface area contributed by atoms with Gasteiger partial charge >= 0.3 is 0 Å². The summed E-state index contributed by atoms with van der Waals surface area (Å²) in [6.45, 7) is 3.67. The summed E-state index contributed by atoms with van der Waals surface area (Å²) in [5.74, 6) is 0.0242. The quantitative estimate of drug-likeness (QED) is 0.908. The zero-order valence-electron chi connectivity index (χ0n) is 11.5. The molecule has 1 aliphatic heterocycles. The molecular weight excluding hydrogens is 268 g/mol. The molecule has 1 aromatic heterocycles. The van der Waals surface area contributed by atoms with Crippen LogP contribution in [0.5, 0.6) is 0 Å². The van der Waals surface area contributed by atoms with Gasteiger partial charge in [-0.3, -0.25) is 4.79 Å². The fourth-order valence-electron chi connectivity index (χ4n) is 2.56. The van der Waals surface area contributed by atoms with E-state index in [0.717, 1.165) is 36.2 Å². The van der Waals surface area contributed by atoms with Crippen LogP contribution < -0.4 is 10.6 Å². The predicted octanol–water partition coefficient (Wildman–Crippen LogP) is 3.34. The second kappa shape index (κ2) is 5.67. The van der Waals surface area contributed by atoms with E-state index in [1.807, 2.05) is 18.2 Å². The molecule has 0 bridgehead atoms. The van der Waals surface area contributed by atoms with Crippen molar-refractivity contribution in [3.63, 3.8) is 0 Å². The van der Waals surface area contributed by atoms with E-state index in [1.54, 1.807) is 11.3 Å². The SMILES string of the molecule is Cc1cscc1CNC(=O)c1cccc2c1CCCN2. The molecule has 1 aliphatic rings. The summed E-state index contributed by atoms with van der Waals surface area (Å²) in [4.78, 5) is 12.4. The van der Waals surface area contributed by atoms with Crippen LogP contribution >= 0.6 is 11.3 Å². The van der Waals surface area contributed by atoms with Gasteiger partial charge in [0.25, 0.3) is 5.91 Å². The Balaban J connectivity index is 1.76. The Morgan fingerprint density at radius 1 is 1.40 bits per heavy atom.